The van der Waals surface area contributed by atoms with Crippen LogP contribution in [-0.4, -0.2) is 60.8 Å². The summed E-state index contributed by atoms with van der Waals surface area (Å²) in [5, 5.41) is 7.63. The lowest BCUT2D eigenvalue weighted by Gasteiger charge is -2.27. The third kappa shape index (κ3) is 9.03. The van der Waals surface area contributed by atoms with Gasteiger partial charge in [-0.05, 0) is 34.1 Å². The van der Waals surface area contributed by atoms with E-state index in [4.69, 9.17) is 4.74 Å². The summed E-state index contributed by atoms with van der Waals surface area (Å²) in [6, 6.07) is 0. The van der Waals surface area contributed by atoms with Crippen molar-refractivity contribution in [1.29, 1.82) is 0 Å². The number of nitrogens with zero attached hydrogens (tertiary/aromatic N) is 3. The van der Waals surface area contributed by atoms with Gasteiger partial charge in [0.15, 0.2) is 5.96 Å². The molecular formula is C18H33N5O2S. The molecule has 1 amide bonds. The third-order valence-corrected chi connectivity index (χ3v) is 4.32. The van der Waals surface area contributed by atoms with Gasteiger partial charge in [-0.25, -0.2) is 9.78 Å². The standard InChI is InChI=1S/C18H33N5O2S/c1-7-11-23(17(24)25-18(3,4)5)12-10-21-16(19-6)20-9-8-15-22-13-14(2)26-15/h13H,7-12H2,1-6H3,(H2,19,20,21). The molecule has 1 rings (SSSR count). The Morgan fingerprint density at radius 3 is 2.54 bits per heavy atom. The largest absolute Gasteiger partial charge is 0.444 e. The molecule has 0 atom stereocenters. The van der Waals surface area contributed by atoms with E-state index in [0.29, 0.717) is 19.6 Å². The predicted molar refractivity (Wildman–Crippen MR) is 108 cm³/mol. The zero-order valence-electron chi connectivity index (χ0n) is 16.9. The second-order valence-electron chi connectivity index (χ2n) is 7.01. The fraction of sp³-hybridized carbons (Fsp3) is 0.722. The van der Waals surface area contributed by atoms with Gasteiger partial charge >= 0.3 is 6.09 Å². The normalized spacial score (nSPS) is 12.0. The predicted octanol–water partition coefficient (Wildman–Crippen LogP) is 2.81. The third-order valence-electron chi connectivity index (χ3n) is 3.34. The molecule has 0 aliphatic heterocycles. The van der Waals surface area contributed by atoms with Gasteiger partial charge < -0.3 is 20.3 Å². The second kappa shape index (κ2) is 11.0. The van der Waals surface area contributed by atoms with E-state index in [9.17, 15) is 4.79 Å². The Balaban J connectivity index is 2.37. The first-order valence-electron chi connectivity index (χ1n) is 9.09. The van der Waals surface area contributed by atoms with Gasteiger partial charge in [0.25, 0.3) is 0 Å². The van der Waals surface area contributed by atoms with E-state index < -0.39 is 5.60 Å². The maximum atomic E-state index is 12.2. The Kier molecular flexibility index (Phi) is 9.40. The fourth-order valence-corrected chi connectivity index (χ4v) is 3.01. The number of thiazole rings is 1. The highest BCUT2D eigenvalue weighted by molar-refractivity contribution is 7.11. The van der Waals surface area contributed by atoms with Crippen molar-refractivity contribution in [3.8, 4) is 0 Å². The Labute approximate surface area is 161 Å². The van der Waals surface area contributed by atoms with Crippen molar-refractivity contribution in [2.45, 2.75) is 53.1 Å². The lowest BCUT2D eigenvalue weighted by Crippen LogP contribution is -2.45. The summed E-state index contributed by atoms with van der Waals surface area (Å²) >= 11 is 1.71. The second-order valence-corrected chi connectivity index (χ2v) is 8.33. The van der Waals surface area contributed by atoms with Gasteiger partial charge in [-0.15, -0.1) is 11.3 Å². The number of guanidine groups is 1. The molecule has 0 aromatic carbocycles. The Bertz CT molecular complexity index is 580. The molecule has 0 unspecified atom stereocenters. The topological polar surface area (TPSA) is 78.9 Å². The lowest BCUT2D eigenvalue weighted by molar-refractivity contribution is 0.0253. The van der Waals surface area contributed by atoms with E-state index in [-0.39, 0.29) is 6.09 Å². The molecule has 0 bridgehead atoms. The molecule has 0 spiro atoms. The maximum Gasteiger partial charge on any atom is 0.410 e. The molecule has 1 aromatic heterocycles. The van der Waals surface area contributed by atoms with E-state index in [1.807, 2.05) is 33.9 Å². The molecule has 26 heavy (non-hydrogen) atoms. The highest BCUT2D eigenvalue weighted by Crippen LogP contribution is 2.11. The van der Waals surface area contributed by atoms with E-state index in [1.54, 1.807) is 23.3 Å². The van der Waals surface area contributed by atoms with E-state index >= 15 is 0 Å². The first kappa shape index (κ1) is 22.2. The summed E-state index contributed by atoms with van der Waals surface area (Å²) in [5.41, 5.74) is -0.484. The minimum atomic E-state index is -0.484. The molecular weight excluding hydrogens is 350 g/mol. The number of ether oxygens (including phenoxy) is 1. The van der Waals surface area contributed by atoms with Crippen LogP contribution in [0.5, 0.6) is 0 Å². The zero-order chi connectivity index (χ0) is 19.6. The van der Waals surface area contributed by atoms with Gasteiger partial charge in [-0.1, -0.05) is 6.92 Å². The molecule has 2 N–H and O–H groups in total. The van der Waals surface area contributed by atoms with Crippen LogP contribution in [0, 0.1) is 6.92 Å². The summed E-state index contributed by atoms with van der Waals surface area (Å²) in [4.78, 5) is 23.8. The van der Waals surface area contributed by atoms with Crippen LogP contribution in [0.25, 0.3) is 0 Å². The molecule has 0 aliphatic rings. The number of aryl methyl sites for hydroxylation is 1. The highest BCUT2D eigenvalue weighted by atomic mass is 32.1. The van der Waals surface area contributed by atoms with Gasteiger partial charge in [0, 0.05) is 50.7 Å². The minimum Gasteiger partial charge on any atom is -0.444 e. The van der Waals surface area contributed by atoms with Crippen LogP contribution < -0.4 is 10.6 Å². The number of aliphatic imine (C=N–C) groups is 1. The van der Waals surface area contributed by atoms with E-state index in [1.165, 1.54) is 4.88 Å². The molecule has 148 valence electrons. The monoisotopic (exact) mass is 383 g/mol. The van der Waals surface area contributed by atoms with Crippen molar-refractivity contribution < 1.29 is 9.53 Å². The van der Waals surface area contributed by atoms with Crippen molar-refractivity contribution in [1.82, 2.24) is 20.5 Å². The van der Waals surface area contributed by atoms with Crippen molar-refractivity contribution >= 4 is 23.4 Å². The van der Waals surface area contributed by atoms with Gasteiger partial charge in [0.2, 0.25) is 0 Å². The number of rotatable bonds is 8. The van der Waals surface area contributed by atoms with E-state index in [0.717, 1.165) is 30.4 Å². The number of hydrogen-bond donors (Lipinski definition) is 2. The van der Waals surface area contributed by atoms with Crippen molar-refractivity contribution in [2.75, 3.05) is 33.2 Å². The molecule has 0 saturated carbocycles. The number of aromatic nitrogens is 1. The Hall–Kier alpha value is -1.83. The van der Waals surface area contributed by atoms with Gasteiger partial charge in [-0.3, -0.25) is 4.99 Å². The maximum absolute atomic E-state index is 12.2. The smallest absolute Gasteiger partial charge is 0.410 e. The molecule has 0 saturated heterocycles. The zero-order valence-corrected chi connectivity index (χ0v) is 17.7. The molecule has 0 aliphatic carbocycles. The quantitative estimate of drug-likeness (QED) is 0.533. The summed E-state index contributed by atoms with van der Waals surface area (Å²) in [7, 11) is 1.74. The molecule has 8 heteroatoms. The first-order chi connectivity index (χ1) is 12.2. The van der Waals surface area contributed by atoms with Crippen LogP contribution >= 0.6 is 11.3 Å². The van der Waals surface area contributed by atoms with Crippen LogP contribution in [0.3, 0.4) is 0 Å². The average molecular weight is 384 g/mol. The van der Waals surface area contributed by atoms with Crippen LogP contribution in [-0.2, 0) is 11.2 Å². The SMILES string of the molecule is CCCN(CCNC(=NC)NCCc1ncc(C)s1)C(=O)OC(C)(C)C. The molecule has 0 radical (unpaired) electrons. The molecule has 0 fully saturated rings. The van der Waals surface area contributed by atoms with Crippen LogP contribution in [0.2, 0.25) is 0 Å². The van der Waals surface area contributed by atoms with Crippen molar-refractivity contribution in [3.63, 3.8) is 0 Å². The van der Waals surface area contributed by atoms with Crippen molar-refractivity contribution in [2.24, 2.45) is 4.99 Å². The number of hydrogen-bond acceptors (Lipinski definition) is 5. The number of carbonyl (C=O) groups is 1. The van der Waals surface area contributed by atoms with Gasteiger partial charge in [-0.2, -0.15) is 0 Å². The van der Waals surface area contributed by atoms with Gasteiger partial charge in [0.1, 0.15) is 5.60 Å². The highest BCUT2D eigenvalue weighted by Gasteiger charge is 2.21. The molecule has 7 nitrogen and oxygen atoms in total. The van der Waals surface area contributed by atoms with Crippen LogP contribution in [0.15, 0.2) is 11.2 Å². The minimum absolute atomic E-state index is 0.275. The lowest BCUT2D eigenvalue weighted by atomic mass is 10.2. The first-order valence-corrected chi connectivity index (χ1v) is 9.90. The van der Waals surface area contributed by atoms with Gasteiger partial charge in [0.05, 0.1) is 5.01 Å². The number of carbonyl (C=O) groups excluding carboxylic acids is 1. The summed E-state index contributed by atoms with van der Waals surface area (Å²) in [5.74, 6) is 0.721. The molecule has 1 aromatic rings. The van der Waals surface area contributed by atoms with Crippen LogP contribution in [0.4, 0.5) is 4.79 Å². The molecule has 1 heterocycles. The van der Waals surface area contributed by atoms with Crippen molar-refractivity contribution in [3.05, 3.63) is 16.1 Å². The Morgan fingerprint density at radius 2 is 2.00 bits per heavy atom. The fourth-order valence-electron chi connectivity index (χ4n) is 2.23. The summed E-state index contributed by atoms with van der Waals surface area (Å²) in [6.45, 7) is 12.3. The van der Waals surface area contributed by atoms with Crippen LogP contribution in [0.1, 0.15) is 44.0 Å². The summed E-state index contributed by atoms with van der Waals surface area (Å²) < 4.78 is 5.46. The summed E-state index contributed by atoms with van der Waals surface area (Å²) in [6.07, 6.45) is 3.37. The van der Waals surface area contributed by atoms with E-state index in [2.05, 4.69) is 27.5 Å². The average Bonchev–Trinajstić information content (AvgIpc) is 2.96. The Morgan fingerprint density at radius 1 is 1.31 bits per heavy atom. The number of amides is 1. The number of nitrogens with one attached hydrogen (secondary N) is 2.